The maximum absolute atomic E-state index is 8.98. The van der Waals surface area contributed by atoms with Gasteiger partial charge in [0.05, 0.1) is 18.2 Å². The lowest BCUT2D eigenvalue weighted by Crippen LogP contribution is -2.37. The molecule has 20 heavy (non-hydrogen) atoms. The third kappa shape index (κ3) is 3.28. The highest BCUT2D eigenvalue weighted by Gasteiger charge is 2.32. The summed E-state index contributed by atoms with van der Waals surface area (Å²) < 4.78 is 11.5. The summed E-state index contributed by atoms with van der Waals surface area (Å²) in [4.78, 5) is 0. The molecule has 108 valence electrons. The first kappa shape index (κ1) is 15.2. The van der Waals surface area contributed by atoms with Gasteiger partial charge in [-0.2, -0.15) is 17.9 Å². The van der Waals surface area contributed by atoms with Gasteiger partial charge in [0, 0.05) is 18.6 Å². The Labute approximate surface area is 126 Å². The van der Waals surface area contributed by atoms with Gasteiger partial charge in [-0.25, -0.2) is 0 Å². The molecule has 0 saturated carbocycles. The minimum absolute atomic E-state index is 0.105. The molecule has 0 N–H and O–H groups in total. The number of ether oxygens (including phenoxy) is 2. The Hall–Kier alpha value is -1.18. The van der Waals surface area contributed by atoms with Crippen molar-refractivity contribution < 1.29 is 9.47 Å². The van der Waals surface area contributed by atoms with E-state index < -0.39 is 0 Å². The van der Waals surface area contributed by atoms with Crippen molar-refractivity contribution in [1.29, 1.82) is 5.26 Å². The Morgan fingerprint density at radius 2 is 1.90 bits per heavy atom. The number of aryl methyl sites for hydroxylation is 2. The van der Waals surface area contributed by atoms with Crippen LogP contribution in [0.1, 0.15) is 29.5 Å². The van der Waals surface area contributed by atoms with E-state index in [0.717, 1.165) is 48.7 Å². The van der Waals surface area contributed by atoms with Crippen LogP contribution in [0.3, 0.4) is 0 Å². The summed E-state index contributed by atoms with van der Waals surface area (Å²) in [7, 11) is 0. The summed E-state index contributed by atoms with van der Waals surface area (Å²) in [6, 6.07) is 5.93. The molecular formula is C16H21NO2S. The molecule has 0 radical (unpaired) electrons. The normalized spacial score (nSPS) is 17.5. The molecule has 3 nitrogen and oxygen atoms in total. The number of hydrogen-bond donors (Lipinski definition) is 1. The maximum Gasteiger partial charge on any atom is 0.125 e. The molecule has 0 amide bonds. The first-order chi connectivity index (χ1) is 9.60. The van der Waals surface area contributed by atoms with Crippen molar-refractivity contribution in [3.8, 4) is 11.8 Å². The minimum atomic E-state index is 0.105. The average molecular weight is 291 g/mol. The van der Waals surface area contributed by atoms with Crippen molar-refractivity contribution >= 4 is 12.6 Å². The number of nitrogens with zero attached hydrogens (tertiary/aromatic N) is 1. The fraction of sp³-hybridized carbons (Fsp3) is 0.562. The summed E-state index contributed by atoms with van der Waals surface area (Å²) in [5, 5.41) is 8.98. The molecule has 4 heteroatoms. The van der Waals surface area contributed by atoms with Crippen LogP contribution in [-0.4, -0.2) is 25.6 Å². The van der Waals surface area contributed by atoms with Crippen molar-refractivity contribution in [2.24, 2.45) is 5.41 Å². The molecule has 1 aromatic carbocycles. The molecule has 0 bridgehead atoms. The number of benzene rings is 1. The van der Waals surface area contributed by atoms with Crippen LogP contribution in [0.5, 0.6) is 5.75 Å². The molecule has 1 aliphatic heterocycles. The molecule has 0 aliphatic carbocycles. The summed E-state index contributed by atoms with van der Waals surface area (Å²) >= 11 is 4.50. The van der Waals surface area contributed by atoms with Gasteiger partial charge in [-0.05, 0) is 55.7 Å². The molecule has 0 atom stereocenters. The van der Waals surface area contributed by atoms with Crippen LogP contribution in [0.15, 0.2) is 12.1 Å². The van der Waals surface area contributed by atoms with Crippen molar-refractivity contribution in [3.05, 3.63) is 28.8 Å². The predicted octanol–water partition coefficient (Wildman–Crippen LogP) is 3.28. The van der Waals surface area contributed by atoms with E-state index >= 15 is 0 Å². The van der Waals surface area contributed by atoms with E-state index in [4.69, 9.17) is 14.7 Å². The lowest BCUT2D eigenvalue weighted by atomic mass is 9.83. The Kier molecular flexibility index (Phi) is 4.95. The molecule has 1 heterocycles. The Morgan fingerprint density at radius 3 is 2.40 bits per heavy atom. The highest BCUT2D eigenvalue weighted by Crippen LogP contribution is 2.34. The topological polar surface area (TPSA) is 42.2 Å². The van der Waals surface area contributed by atoms with Crippen LogP contribution in [0, 0.1) is 30.6 Å². The van der Waals surface area contributed by atoms with Gasteiger partial charge < -0.3 is 9.47 Å². The number of nitriles is 1. The van der Waals surface area contributed by atoms with Gasteiger partial charge in [-0.15, -0.1) is 0 Å². The van der Waals surface area contributed by atoms with Crippen molar-refractivity contribution in [2.45, 2.75) is 26.7 Å². The molecule has 0 aromatic heterocycles. The molecule has 1 aromatic rings. The molecule has 0 unspecified atom stereocenters. The highest BCUT2D eigenvalue weighted by atomic mass is 32.1. The summed E-state index contributed by atoms with van der Waals surface area (Å²) in [5.74, 6) is 1.71. The quantitative estimate of drug-likeness (QED) is 0.866. The van der Waals surface area contributed by atoms with Crippen LogP contribution in [0.4, 0.5) is 0 Å². The zero-order valence-corrected chi connectivity index (χ0v) is 13.0. The Bertz CT molecular complexity index is 493. The minimum Gasteiger partial charge on any atom is -0.492 e. The van der Waals surface area contributed by atoms with E-state index in [2.05, 4.69) is 18.7 Å². The van der Waals surface area contributed by atoms with E-state index in [1.807, 2.05) is 26.0 Å². The van der Waals surface area contributed by atoms with Gasteiger partial charge in [-0.1, -0.05) is 0 Å². The van der Waals surface area contributed by atoms with Crippen LogP contribution in [0.25, 0.3) is 0 Å². The molecule has 1 saturated heterocycles. The second-order valence-corrected chi connectivity index (χ2v) is 5.93. The monoisotopic (exact) mass is 291 g/mol. The van der Waals surface area contributed by atoms with E-state index in [1.54, 1.807) is 0 Å². The van der Waals surface area contributed by atoms with Crippen LogP contribution in [-0.2, 0) is 4.74 Å². The second kappa shape index (κ2) is 6.51. The summed E-state index contributed by atoms with van der Waals surface area (Å²) in [6.07, 6.45) is 1.98. The van der Waals surface area contributed by atoms with Crippen LogP contribution in [0.2, 0.25) is 0 Å². The molecular weight excluding hydrogens is 270 g/mol. The SMILES string of the molecule is Cc1cc(C#N)cc(C)c1OCC1(CS)CCOCC1. The van der Waals surface area contributed by atoms with Gasteiger partial charge in [0.1, 0.15) is 5.75 Å². The van der Waals surface area contributed by atoms with Crippen molar-refractivity contribution in [2.75, 3.05) is 25.6 Å². The largest absolute Gasteiger partial charge is 0.492 e. The van der Waals surface area contributed by atoms with E-state index in [1.165, 1.54) is 0 Å². The summed E-state index contributed by atoms with van der Waals surface area (Å²) in [5.41, 5.74) is 2.82. The fourth-order valence-corrected chi connectivity index (χ4v) is 3.03. The zero-order chi connectivity index (χ0) is 14.6. The smallest absolute Gasteiger partial charge is 0.125 e. The van der Waals surface area contributed by atoms with E-state index in [9.17, 15) is 0 Å². The van der Waals surface area contributed by atoms with E-state index in [0.29, 0.717) is 12.2 Å². The molecule has 1 fully saturated rings. The lowest BCUT2D eigenvalue weighted by molar-refractivity contribution is 0.00288. The lowest BCUT2D eigenvalue weighted by Gasteiger charge is -2.35. The maximum atomic E-state index is 8.98. The van der Waals surface area contributed by atoms with Gasteiger partial charge in [0.15, 0.2) is 0 Å². The second-order valence-electron chi connectivity index (χ2n) is 5.61. The van der Waals surface area contributed by atoms with Crippen LogP contribution < -0.4 is 4.74 Å². The molecule has 1 aliphatic rings. The third-order valence-corrected chi connectivity index (χ3v) is 4.67. The summed E-state index contributed by atoms with van der Waals surface area (Å²) in [6.45, 7) is 6.21. The number of thiol groups is 1. The number of rotatable bonds is 4. The third-order valence-electron chi connectivity index (χ3n) is 4.00. The first-order valence-electron chi connectivity index (χ1n) is 6.93. The zero-order valence-electron chi connectivity index (χ0n) is 12.1. The van der Waals surface area contributed by atoms with Gasteiger partial charge >= 0.3 is 0 Å². The Balaban J connectivity index is 2.12. The van der Waals surface area contributed by atoms with Gasteiger partial charge in [0.2, 0.25) is 0 Å². The highest BCUT2D eigenvalue weighted by molar-refractivity contribution is 7.80. The van der Waals surface area contributed by atoms with Crippen LogP contribution >= 0.6 is 12.6 Å². The predicted molar refractivity (Wildman–Crippen MR) is 82.5 cm³/mol. The fourth-order valence-electron chi connectivity index (χ4n) is 2.62. The van der Waals surface area contributed by atoms with Crippen molar-refractivity contribution in [1.82, 2.24) is 0 Å². The van der Waals surface area contributed by atoms with E-state index in [-0.39, 0.29) is 5.41 Å². The molecule has 2 rings (SSSR count). The standard InChI is InChI=1S/C16H21NO2S/c1-12-7-14(9-17)8-13(2)15(12)19-10-16(11-20)3-5-18-6-4-16/h7-8,20H,3-6,10-11H2,1-2H3. The van der Waals surface area contributed by atoms with Gasteiger partial charge in [-0.3, -0.25) is 0 Å². The average Bonchev–Trinajstić information content (AvgIpc) is 2.47. The Morgan fingerprint density at radius 1 is 1.30 bits per heavy atom. The van der Waals surface area contributed by atoms with Crippen molar-refractivity contribution in [3.63, 3.8) is 0 Å². The molecule has 0 spiro atoms. The van der Waals surface area contributed by atoms with Gasteiger partial charge in [0.25, 0.3) is 0 Å². The number of hydrogen-bond acceptors (Lipinski definition) is 4. The first-order valence-corrected chi connectivity index (χ1v) is 7.56.